The number of carbonyl (C=O) groups excluding carboxylic acids is 1. The van der Waals surface area contributed by atoms with Gasteiger partial charge in [0.15, 0.2) is 0 Å². The monoisotopic (exact) mass is 248 g/mol. The zero-order chi connectivity index (χ0) is 13.5. The Morgan fingerprint density at radius 1 is 1.50 bits per heavy atom. The summed E-state index contributed by atoms with van der Waals surface area (Å²) in [6.07, 6.45) is 0. The molecule has 0 saturated carbocycles. The molecule has 0 heterocycles. The van der Waals surface area contributed by atoms with Gasteiger partial charge in [-0.1, -0.05) is 6.07 Å². The van der Waals surface area contributed by atoms with Crippen molar-refractivity contribution in [1.82, 2.24) is 5.32 Å². The maximum Gasteiger partial charge on any atom is 0.322 e. The minimum absolute atomic E-state index is 0.316. The molecule has 96 valence electrons. The summed E-state index contributed by atoms with van der Waals surface area (Å²) >= 11 is 0. The van der Waals surface area contributed by atoms with Crippen molar-refractivity contribution in [3.8, 4) is 11.8 Å². The zero-order valence-electron chi connectivity index (χ0n) is 10.7. The summed E-state index contributed by atoms with van der Waals surface area (Å²) in [6.45, 7) is 2.20. The molecule has 0 aliphatic heterocycles. The Morgan fingerprint density at radius 3 is 2.78 bits per heavy atom. The van der Waals surface area contributed by atoms with Gasteiger partial charge in [0.25, 0.3) is 0 Å². The number of carbonyl (C=O) groups is 1. The van der Waals surface area contributed by atoms with Crippen LogP contribution in [0.2, 0.25) is 0 Å². The van der Waals surface area contributed by atoms with Crippen LogP contribution >= 0.6 is 0 Å². The SMILES string of the molecule is COC(=O)C(C)NCc1ccc(OC)c(C#N)c1. The van der Waals surface area contributed by atoms with Crippen LogP contribution in [0, 0.1) is 11.3 Å². The smallest absolute Gasteiger partial charge is 0.322 e. The summed E-state index contributed by atoms with van der Waals surface area (Å²) in [6, 6.07) is 6.99. The fraction of sp³-hybridized carbons (Fsp3) is 0.385. The highest BCUT2D eigenvalue weighted by atomic mass is 16.5. The number of nitriles is 1. The van der Waals surface area contributed by atoms with E-state index in [0.717, 1.165) is 5.56 Å². The minimum Gasteiger partial charge on any atom is -0.495 e. The van der Waals surface area contributed by atoms with Gasteiger partial charge in [-0.3, -0.25) is 4.79 Å². The quantitative estimate of drug-likeness (QED) is 0.793. The number of rotatable bonds is 5. The van der Waals surface area contributed by atoms with Crippen LogP contribution in [0.25, 0.3) is 0 Å². The Balaban J connectivity index is 2.69. The van der Waals surface area contributed by atoms with Crippen LogP contribution in [0.5, 0.6) is 5.75 Å². The van der Waals surface area contributed by atoms with Gasteiger partial charge in [-0.05, 0) is 24.6 Å². The van der Waals surface area contributed by atoms with E-state index in [9.17, 15) is 4.79 Å². The lowest BCUT2D eigenvalue weighted by Gasteiger charge is -2.12. The second kappa shape index (κ2) is 6.62. The molecule has 0 radical (unpaired) electrons. The molecule has 18 heavy (non-hydrogen) atoms. The first kappa shape index (κ1) is 14.0. The number of ether oxygens (including phenoxy) is 2. The van der Waals surface area contributed by atoms with E-state index in [2.05, 4.69) is 16.1 Å². The number of methoxy groups -OCH3 is 2. The largest absolute Gasteiger partial charge is 0.495 e. The van der Waals surface area contributed by atoms with Gasteiger partial charge in [-0.15, -0.1) is 0 Å². The maximum absolute atomic E-state index is 11.2. The zero-order valence-corrected chi connectivity index (χ0v) is 10.7. The molecular weight excluding hydrogens is 232 g/mol. The highest BCUT2D eigenvalue weighted by molar-refractivity contribution is 5.75. The third-order valence-electron chi connectivity index (χ3n) is 2.55. The lowest BCUT2D eigenvalue weighted by Crippen LogP contribution is -2.34. The van der Waals surface area contributed by atoms with Crippen LogP contribution in [0.15, 0.2) is 18.2 Å². The maximum atomic E-state index is 11.2. The second-order valence-corrected chi connectivity index (χ2v) is 3.77. The Kier molecular flexibility index (Phi) is 5.15. The lowest BCUT2D eigenvalue weighted by atomic mass is 10.1. The van der Waals surface area contributed by atoms with Crippen LogP contribution in [-0.4, -0.2) is 26.2 Å². The van der Waals surface area contributed by atoms with E-state index in [1.807, 2.05) is 6.07 Å². The summed E-state index contributed by atoms with van der Waals surface area (Å²) in [5.74, 6) is 0.228. The van der Waals surface area contributed by atoms with Crippen molar-refractivity contribution in [2.45, 2.75) is 19.5 Å². The first-order valence-electron chi connectivity index (χ1n) is 5.50. The third kappa shape index (κ3) is 3.47. The molecule has 1 N–H and O–H groups in total. The Bertz CT molecular complexity index is 466. The molecule has 1 rings (SSSR count). The summed E-state index contributed by atoms with van der Waals surface area (Å²) in [4.78, 5) is 11.2. The average Bonchev–Trinajstić information content (AvgIpc) is 2.43. The van der Waals surface area contributed by atoms with Gasteiger partial charge in [-0.25, -0.2) is 0 Å². The van der Waals surface area contributed by atoms with E-state index in [1.165, 1.54) is 14.2 Å². The normalized spacial score (nSPS) is 11.4. The highest BCUT2D eigenvalue weighted by Gasteiger charge is 2.12. The molecule has 1 aromatic carbocycles. The first-order chi connectivity index (χ1) is 8.62. The first-order valence-corrected chi connectivity index (χ1v) is 5.50. The molecule has 0 aromatic heterocycles. The molecule has 1 atom stereocenters. The molecule has 0 aliphatic carbocycles. The van der Waals surface area contributed by atoms with Gasteiger partial charge in [0.1, 0.15) is 17.9 Å². The van der Waals surface area contributed by atoms with E-state index in [-0.39, 0.29) is 12.0 Å². The van der Waals surface area contributed by atoms with Gasteiger partial charge in [0.2, 0.25) is 0 Å². The Morgan fingerprint density at radius 2 is 2.22 bits per heavy atom. The van der Waals surface area contributed by atoms with E-state index >= 15 is 0 Å². The number of nitrogens with one attached hydrogen (secondary N) is 1. The number of esters is 1. The molecule has 0 amide bonds. The highest BCUT2D eigenvalue weighted by Crippen LogP contribution is 2.18. The molecule has 0 spiro atoms. The predicted octanol–water partition coefficient (Wildman–Crippen LogP) is 1.22. The van der Waals surface area contributed by atoms with Crippen LogP contribution in [0.3, 0.4) is 0 Å². The van der Waals surface area contributed by atoms with Crippen LogP contribution in [0.4, 0.5) is 0 Å². The van der Waals surface area contributed by atoms with Crippen molar-refractivity contribution >= 4 is 5.97 Å². The fourth-order valence-electron chi connectivity index (χ4n) is 1.48. The second-order valence-electron chi connectivity index (χ2n) is 3.77. The van der Waals surface area contributed by atoms with Crippen LogP contribution in [-0.2, 0) is 16.1 Å². The van der Waals surface area contributed by atoms with Crippen LogP contribution in [0.1, 0.15) is 18.1 Å². The van der Waals surface area contributed by atoms with E-state index in [4.69, 9.17) is 10.00 Å². The van der Waals surface area contributed by atoms with Gasteiger partial charge in [0, 0.05) is 6.54 Å². The summed E-state index contributed by atoms with van der Waals surface area (Å²) < 4.78 is 9.66. The van der Waals surface area contributed by atoms with Crippen molar-refractivity contribution in [2.75, 3.05) is 14.2 Å². The van der Waals surface area contributed by atoms with Gasteiger partial charge < -0.3 is 14.8 Å². The molecule has 0 bridgehead atoms. The van der Waals surface area contributed by atoms with E-state index in [1.54, 1.807) is 19.1 Å². The fourth-order valence-corrected chi connectivity index (χ4v) is 1.48. The van der Waals surface area contributed by atoms with Crippen molar-refractivity contribution in [3.05, 3.63) is 29.3 Å². The summed E-state index contributed by atoms with van der Waals surface area (Å²) in [5.41, 5.74) is 1.38. The lowest BCUT2D eigenvalue weighted by molar-refractivity contribution is -0.142. The van der Waals surface area contributed by atoms with Crippen molar-refractivity contribution < 1.29 is 14.3 Å². The molecule has 5 nitrogen and oxygen atoms in total. The molecule has 5 heteroatoms. The average molecular weight is 248 g/mol. The number of benzene rings is 1. The molecule has 0 saturated heterocycles. The van der Waals surface area contributed by atoms with Gasteiger partial charge in [0.05, 0.1) is 19.8 Å². The van der Waals surface area contributed by atoms with Gasteiger partial charge >= 0.3 is 5.97 Å². The van der Waals surface area contributed by atoms with E-state index < -0.39 is 0 Å². The van der Waals surface area contributed by atoms with Crippen molar-refractivity contribution in [2.24, 2.45) is 0 Å². The van der Waals surface area contributed by atoms with Crippen molar-refractivity contribution in [1.29, 1.82) is 5.26 Å². The number of hydrogen-bond donors (Lipinski definition) is 1. The standard InChI is InChI=1S/C13H16N2O3/c1-9(13(16)18-3)15-8-10-4-5-12(17-2)11(6-10)7-14/h4-6,9,15H,8H2,1-3H3. The number of nitrogens with zero attached hydrogens (tertiary/aromatic N) is 1. The van der Waals surface area contributed by atoms with Crippen LogP contribution < -0.4 is 10.1 Å². The molecular formula is C13H16N2O3. The predicted molar refractivity (Wildman–Crippen MR) is 66.0 cm³/mol. The Labute approximate surface area is 106 Å². The molecule has 1 unspecified atom stereocenters. The Hall–Kier alpha value is -2.06. The van der Waals surface area contributed by atoms with Gasteiger partial charge in [-0.2, -0.15) is 5.26 Å². The van der Waals surface area contributed by atoms with E-state index in [0.29, 0.717) is 17.9 Å². The van der Waals surface area contributed by atoms with Crippen molar-refractivity contribution in [3.63, 3.8) is 0 Å². The molecule has 1 aromatic rings. The minimum atomic E-state index is -0.386. The topological polar surface area (TPSA) is 71.3 Å². The third-order valence-corrected chi connectivity index (χ3v) is 2.55. The molecule has 0 aliphatic rings. The summed E-state index contributed by atoms with van der Waals surface area (Å²) in [5, 5.41) is 12.0. The molecule has 0 fully saturated rings. The number of hydrogen-bond acceptors (Lipinski definition) is 5. The summed E-state index contributed by atoms with van der Waals surface area (Å²) in [7, 11) is 2.87.